The van der Waals surface area contributed by atoms with Crippen LogP contribution in [0.3, 0.4) is 0 Å². The van der Waals surface area contributed by atoms with Crippen molar-refractivity contribution in [1.82, 2.24) is 4.90 Å². The first-order valence-corrected chi connectivity index (χ1v) is 12.3. The molecule has 1 saturated heterocycles. The third-order valence-corrected chi connectivity index (χ3v) is 7.67. The maximum atomic E-state index is 12.7. The molecule has 0 saturated carbocycles. The minimum atomic E-state index is -4.63. The quantitative estimate of drug-likeness (QED) is 0.217. The number of amides is 1. The molecule has 2 aromatic carbocycles. The largest absolute Gasteiger partial charge is 1.00 e. The van der Waals surface area contributed by atoms with Gasteiger partial charge in [0, 0.05) is 0 Å². The number of rotatable bonds is 4. The van der Waals surface area contributed by atoms with Crippen LogP contribution in [0.4, 0.5) is 5.69 Å². The molecule has 0 unspecified atom stereocenters. The van der Waals surface area contributed by atoms with Crippen molar-refractivity contribution in [2.75, 3.05) is 17.3 Å². The molecule has 0 N–H and O–H groups in total. The molecule has 2 aliphatic heterocycles. The predicted octanol–water partition coefficient (Wildman–Crippen LogP) is -0.921. The van der Waals surface area contributed by atoms with Gasteiger partial charge in [-0.15, -0.1) is 0 Å². The maximum Gasteiger partial charge on any atom is 1.00 e. The van der Waals surface area contributed by atoms with E-state index in [9.17, 15) is 17.8 Å². The fourth-order valence-corrected chi connectivity index (χ4v) is 6.32. The van der Waals surface area contributed by atoms with Gasteiger partial charge in [-0.3, -0.25) is 0 Å². The number of nitrogens with zero attached hydrogens (tertiary/aromatic N) is 2. The Labute approximate surface area is 228 Å². The molecule has 1 fully saturated rings. The number of benzene rings is 2. The Hall–Kier alpha value is -0.594. The summed E-state index contributed by atoms with van der Waals surface area (Å²) in [6.07, 6.45) is 0. The van der Waals surface area contributed by atoms with Crippen molar-refractivity contribution in [3.63, 3.8) is 0 Å². The van der Waals surface area contributed by atoms with Gasteiger partial charge < -0.3 is 0 Å². The van der Waals surface area contributed by atoms with Crippen LogP contribution in [-0.4, -0.2) is 55.0 Å². The van der Waals surface area contributed by atoms with E-state index in [0.717, 1.165) is 11.1 Å². The molecule has 0 bridgehead atoms. The second kappa shape index (κ2) is 9.49. The fourth-order valence-electron chi connectivity index (χ4n) is 3.15. The Morgan fingerprint density at radius 3 is 2.40 bits per heavy atom. The molecule has 7 nitrogen and oxygen atoms in total. The first-order valence-electron chi connectivity index (χ1n) is 8.65. The van der Waals surface area contributed by atoms with E-state index in [1.807, 2.05) is 43.3 Å². The average Bonchev–Trinajstić information content (AvgIpc) is 3.17. The van der Waals surface area contributed by atoms with Crippen molar-refractivity contribution in [1.29, 1.82) is 0 Å². The van der Waals surface area contributed by atoms with E-state index < -0.39 is 31.0 Å². The molecular formula is C19H15KN2O5S2Se. The molecule has 11 heteroatoms. The third-order valence-electron chi connectivity index (χ3n) is 4.46. The van der Waals surface area contributed by atoms with E-state index in [-0.39, 0.29) is 63.2 Å². The molecule has 0 aliphatic carbocycles. The Kier molecular flexibility index (Phi) is 7.61. The average molecular weight is 534 g/mol. The van der Waals surface area contributed by atoms with E-state index in [4.69, 9.17) is 17.0 Å². The first-order chi connectivity index (χ1) is 13.8. The zero-order valence-corrected chi connectivity index (χ0v) is 22.7. The molecular weight excluding hydrogens is 518 g/mol. The summed E-state index contributed by atoms with van der Waals surface area (Å²) in [6, 6.07) is 14.8. The zero-order valence-electron chi connectivity index (χ0n) is 16.2. The standard InChI is InChI=1S/C19H16N2O5S2Se.K/c1-2-20-17(22)16(29-19(20)27)18-21(11-28(23,24)25)14-10-13(8-9-15(14)26-18)12-6-4-3-5-7-12;/h3-10H,2,11H2,1H3,(H,23,24,25);/q;+1/p-1/b18-16-;. The minimum Gasteiger partial charge on any atom is 1.00 e. The second-order valence-electron chi connectivity index (χ2n) is 6.32. The summed E-state index contributed by atoms with van der Waals surface area (Å²) in [7, 11) is -4.63. The van der Waals surface area contributed by atoms with Crippen molar-refractivity contribution < 1.29 is 73.9 Å². The summed E-state index contributed by atoms with van der Waals surface area (Å²) in [5.41, 5.74) is 2.19. The van der Waals surface area contributed by atoms with Gasteiger partial charge in [0.1, 0.15) is 0 Å². The third kappa shape index (κ3) is 4.75. The molecule has 0 aromatic heterocycles. The normalized spacial score (nSPS) is 18.3. The maximum absolute atomic E-state index is 12.7. The summed E-state index contributed by atoms with van der Waals surface area (Å²) in [4.78, 5) is 15.5. The first kappa shape index (κ1) is 24.1. The number of fused-ring (bicyclic) bond motifs is 1. The van der Waals surface area contributed by atoms with E-state index in [0.29, 0.717) is 26.3 Å². The Morgan fingerprint density at radius 2 is 1.80 bits per heavy atom. The number of carbonyl (C=O) groups excluding carboxylic acids is 1. The molecule has 2 aromatic rings. The van der Waals surface area contributed by atoms with Crippen molar-refractivity contribution in [3.05, 3.63) is 58.9 Å². The van der Waals surface area contributed by atoms with Gasteiger partial charge in [-0.1, -0.05) is 0 Å². The SMILES string of the molecule is CCN1C(=O)/C(=C2/Oc3ccc(-c4ccccc4)cc3N2CS(=O)(=O)[O-])[Se]C1=S.[K+]. The molecule has 0 atom stereocenters. The number of ether oxygens (including phenoxy) is 1. The number of hydrogen-bond donors (Lipinski definition) is 0. The summed E-state index contributed by atoms with van der Waals surface area (Å²) in [5, 5.41) is 0. The number of anilines is 1. The molecule has 1 amide bonds. The van der Waals surface area contributed by atoms with Crippen LogP contribution >= 0.6 is 12.2 Å². The van der Waals surface area contributed by atoms with Crippen molar-refractivity contribution >= 4 is 52.8 Å². The summed E-state index contributed by atoms with van der Waals surface area (Å²) in [5.74, 6) is -0.676. The molecule has 0 radical (unpaired) electrons. The van der Waals surface area contributed by atoms with Crippen molar-refractivity contribution in [2.24, 2.45) is 0 Å². The van der Waals surface area contributed by atoms with Crippen LogP contribution in [0.25, 0.3) is 11.1 Å². The molecule has 150 valence electrons. The van der Waals surface area contributed by atoms with Gasteiger partial charge >= 0.3 is 232 Å². The van der Waals surface area contributed by atoms with Gasteiger partial charge in [-0.25, -0.2) is 0 Å². The Balaban J connectivity index is 0.00000256. The molecule has 2 aliphatic rings. The fraction of sp³-hybridized carbons (Fsp3) is 0.158. The van der Waals surface area contributed by atoms with Crippen LogP contribution in [0.2, 0.25) is 0 Å². The monoisotopic (exact) mass is 534 g/mol. The summed E-state index contributed by atoms with van der Waals surface area (Å²) >= 11 is 4.80. The topological polar surface area (TPSA) is 90.0 Å². The van der Waals surface area contributed by atoms with E-state index >= 15 is 0 Å². The van der Waals surface area contributed by atoms with Gasteiger partial charge in [0.15, 0.2) is 0 Å². The van der Waals surface area contributed by atoms with Gasteiger partial charge in [-0.05, 0) is 0 Å². The molecule has 2 heterocycles. The van der Waals surface area contributed by atoms with Gasteiger partial charge in [0.25, 0.3) is 0 Å². The summed E-state index contributed by atoms with van der Waals surface area (Å²) < 4.78 is 41.4. The van der Waals surface area contributed by atoms with Gasteiger partial charge in [0.05, 0.1) is 0 Å². The van der Waals surface area contributed by atoms with Gasteiger partial charge in [0.2, 0.25) is 0 Å². The van der Waals surface area contributed by atoms with E-state index in [2.05, 4.69) is 0 Å². The number of likely N-dealkylation sites (N-methyl/N-ethyl adjacent to an activating group) is 1. The second-order valence-corrected chi connectivity index (χ2v) is 10.8. The Morgan fingerprint density at radius 1 is 1.10 bits per heavy atom. The zero-order chi connectivity index (χ0) is 20.8. The molecule has 30 heavy (non-hydrogen) atoms. The molecule has 4 rings (SSSR count). The predicted molar refractivity (Wildman–Crippen MR) is 112 cm³/mol. The van der Waals surface area contributed by atoms with Crippen LogP contribution in [0.5, 0.6) is 5.75 Å². The van der Waals surface area contributed by atoms with Gasteiger partial charge in [-0.2, -0.15) is 0 Å². The van der Waals surface area contributed by atoms with E-state index in [1.165, 1.54) is 9.80 Å². The minimum absolute atomic E-state index is 0. The van der Waals surface area contributed by atoms with Crippen LogP contribution < -0.4 is 61.0 Å². The van der Waals surface area contributed by atoms with Crippen LogP contribution in [0.1, 0.15) is 6.92 Å². The Bertz CT molecular complexity index is 1150. The van der Waals surface area contributed by atoms with E-state index in [1.54, 1.807) is 12.1 Å². The number of carbonyl (C=O) groups is 1. The van der Waals surface area contributed by atoms with Crippen molar-refractivity contribution in [3.8, 4) is 16.9 Å². The smallest absolute Gasteiger partial charge is 1.00 e. The number of hydrogen-bond acceptors (Lipinski definition) is 7. The summed E-state index contributed by atoms with van der Waals surface area (Å²) in [6.45, 7) is 2.23. The van der Waals surface area contributed by atoms with Crippen LogP contribution in [-0.2, 0) is 14.9 Å². The van der Waals surface area contributed by atoms with Crippen LogP contribution in [0.15, 0.2) is 58.9 Å². The van der Waals surface area contributed by atoms with Crippen LogP contribution in [0, 0.1) is 0 Å². The molecule has 0 spiro atoms. The van der Waals surface area contributed by atoms with Crippen molar-refractivity contribution in [2.45, 2.75) is 6.92 Å². The number of thiocarbonyl (C=S) groups is 1.